The first-order valence-electron chi connectivity index (χ1n) is 3.80. The van der Waals surface area contributed by atoms with Crippen molar-refractivity contribution in [2.75, 3.05) is 4.43 Å². The van der Waals surface area contributed by atoms with Gasteiger partial charge in [-0.1, -0.05) is 36.4 Å². The Morgan fingerprint density at radius 2 is 2.00 bits per heavy atom. The minimum absolute atomic E-state index is 0.997. The zero-order chi connectivity index (χ0) is 6.85. The molecule has 0 radical (unpaired) electrons. The summed E-state index contributed by atoms with van der Waals surface area (Å²) in [6.45, 7) is 4.77. The molecule has 0 aromatic rings. The molecule has 0 aromatic carbocycles. The summed E-state index contributed by atoms with van der Waals surface area (Å²) < 4.78 is 1.36. The quantitative estimate of drug-likeness (QED) is 0.486. The first kappa shape index (κ1) is 7.83. The van der Waals surface area contributed by atoms with E-state index in [1.54, 1.807) is 0 Å². The van der Waals surface area contributed by atoms with Gasteiger partial charge in [0, 0.05) is 4.43 Å². The zero-order valence-corrected chi connectivity index (χ0v) is 8.39. The molecule has 1 saturated carbocycles. The van der Waals surface area contributed by atoms with Crippen LogP contribution in [-0.2, 0) is 0 Å². The largest absolute Gasteiger partial charge is 0.0861 e. The molecule has 1 aliphatic rings. The monoisotopic (exact) mass is 238 g/mol. The molecular weight excluding hydrogens is 223 g/mol. The fourth-order valence-corrected chi connectivity index (χ4v) is 3.12. The van der Waals surface area contributed by atoms with Crippen LogP contribution in [0.1, 0.15) is 26.7 Å². The van der Waals surface area contributed by atoms with Gasteiger partial charge in [0.25, 0.3) is 0 Å². The molecule has 0 N–H and O–H groups in total. The van der Waals surface area contributed by atoms with Crippen molar-refractivity contribution in [3.8, 4) is 0 Å². The van der Waals surface area contributed by atoms with Crippen LogP contribution in [-0.4, -0.2) is 4.43 Å². The molecule has 1 fully saturated rings. The highest BCUT2D eigenvalue weighted by Crippen LogP contribution is 2.36. The minimum Gasteiger partial charge on any atom is -0.0861 e. The molecule has 0 heterocycles. The van der Waals surface area contributed by atoms with Crippen molar-refractivity contribution in [1.82, 2.24) is 0 Å². The summed E-state index contributed by atoms with van der Waals surface area (Å²) in [6.07, 6.45) is 2.94. The van der Waals surface area contributed by atoms with E-state index in [0.29, 0.717) is 0 Å². The maximum absolute atomic E-state index is 2.51. The topological polar surface area (TPSA) is 0 Å². The van der Waals surface area contributed by atoms with Gasteiger partial charge in [-0.3, -0.25) is 0 Å². The van der Waals surface area contributed by atoms with E-state index in [9.17, 15) is 0 Å². The van der Waals surface area contributed by atoms with Crippen molar-refractivity contribution in [2.45, 2.75) is 26.7 Å². The molecular formula is C8H15I. The second-order valence-electron chi connectivity index (χ2n) is 3.47. The van der Waals surface area contributed by atoms with Crippen LogP contribution in [0.2, 0.25) is 0 Å². The molecule has 0 nitrogen and oxygen atoms in total. The zero-order valence-electron chi connectivity index (χ0n) is 6.23. The summed E-state index contributed by atoms with van der Waals surface area (Å²) in [5, 5.41) is 0. The van der Waals surface area contributed by atoms with E-state index in [1.165, 1.54) is 17.3 Å². The Kier molecular flexibility index (Phi) is 2.80. The van der Waals surface area contributed by atoms with Crippen molar-refractivity contribution in [3.05, 3.63) is 0 Å². The van der Waals surface area contributed by atoms with Crippen molar-refractivity contribution in [2.24, 2.45) is 17.8 Å². The van der Waals surface area contributed by atoms with Crippen molar-refractivity contribution >= 4 is 22.6 Å². The number of alkyl halides is 1. The molecule has 9 heavy (non-hydrogen) atoms. The average molecular weight is 238 g/mol. The SMILES string of the molecule is CC1CC(C)C(CI)C1. The van der Waals surface area contributed by atoms with Crippen LogP contribution in [0.25, 0.3) is 0 Å². The van der Waals surface area contributed by atoms with E-state index in [2.05, 4.69) is 36.4 Å². The maximum atomic E-state index is 2.51. The predicted octanol–water partition coefficient (Wildman–Crippen LogP) is 3.10. The minimum atomic E-state index is 0.997. The maximum Gasteiger partial charge on any atom is 0.00263 e. The summed E-state index contributed by atoms with van der Waals surface area (Å²) in [5.74, 6) is 3.03. The molecule has 0 saturated heterocycles. The van der Waals surface area contributed by atoms with Gasteiger partial charge in [-0.15, -0.1) is 0 Å². The Balaban J connectivity index is 2.38. The van der Waals surface area contributed by atoms with Crippen LogP contribution in [0.15, 0.2) is 0 Å². The molecule has 0 bridgehead atoms. The third-order valence-electron chi connectivity index (χ3n) is 2.48. The summed E-state index contributed by atoms with van der Waals surface area (Å²) in [4.78, 5) is 0. The van der Waals surface area contributed by atoms with Crippen LogP contribution in [0.4, 0.5) is 0 Å². The Morgan fingerprint density at radius 1 is 1.33 bits per heavy atom. The molecule has 54 valence electrons. The van der Waals surface area contributed by atoms with E-state index in [4.69, 9.17) is 0 Å². The molecule has 3 unspecified atom stereocenters. The molecule has 0 aliphatic heterocycles. The number of halogens is 1. The van der Waals surface area contributed by atoms with Gasteiger partial charge in [0.15, 0.2) is 0 Å². The Morgan fingerprint density at radius 3 is 2.22 bits per heavy atom. The van der Waals surface area contributed by atoms with E-state index in [-0.39, 0.29) is 0 Å². The number of hydrogen-bond donors (Lipinski definition) is 0. The van der Waals surface area contributed by atoms with Crippen LogP contribution < -0.4 is 0 Å². The first-order chi connectivity index (χ1) is 4.24. The highest BCUT2D eigenvalue weighted by Gasteiger charge is 2.27. The molecule has 1 rings (SSSR count). The van der Waals surface area contributed by atoms with Crippen LogP contribution in [0.5, 0.6) is 0 Å². The van der Waals surface area contributed by atoms with Crippen molar-refractivity contribution in [1.29, 1.82) is 0 Å². The van der Waals surface area contributed by atoms with Gasteiger partial charge < -0.3 is 0 Å². The Bertz CT molecular complexity index is 90.6. The van der Waals surface area contributed by atoms with Gasteiger partial charge in [-0.2, -0.15) is 0 Å². The highest BCUT2D eigenvalue weighted by atomic mass is 127. The third-order valence-corrected chi connectivity index (χ3v) is 3.61. The Hall–Kier alpha value is 0.730. The molecule has 0 amide bonds. The van der Waals surface area contributed by atoms with Crippen LogP contribution >= 0.6 is 22.6 Å². The first-order valence-corrected chi connectivity index (χ1v) is 5.32. The summed E-state index contributed by atoms with van der Waals surface area (Å²) >= 11 is 2.51. The predicted molar refractivity (Wildman–Crippen MR) is 49.9 cm³/mol. The van der Waals surface area contributed by atoms with E-state index in [1.807, 2.05) is 0 Å². The highest BCUT2D eigenvalue weighted by molar-refractivity contribution is 14.1. The van der Waals surface area contributed by atoms with E-state index >= 15 is 0 Å². The van der Waals surface area contributed by atoms with Gasteiger partial charge >= 0.3 is 0 Å². The normalized spacial score (nSPS) is 43.7. The lowest BCUT2D eigenvalue weighted by Crippen LogP contribution is -2.03. The van der Waals surface area contributed by atoms with Gasteiger partial charge in [0.1, 0.15) is 0 Å². The Labute approximate surface area is 71.5 Å². The number of rotatable bonds is 1. The molecule has 3 atom stereocenters. The van der Waals surface area contributed by atoms with Crippen LogP contribution in [0.3, 0.4) is 0 Å². The molecule has 0 spiro atoms. The van der Waals surface area contributed by atoms with Crippen molar-refractivity contribution in [3.63, 3.8) is 0 Å². The standard InChI is InChI=1S/C8H15I/c1-6-3-7(2)8(4-6)5-9/h6-8H,3-5H2,1-2H3. The van der Waals surface area contributed by atoms with Gasteiger partial charge in [-0.05, 0) is 30.6 Å². The smallest absolute Gasteiger partial charge is 0.00263 e. The van der Waals surface area contributed by atoms with E-state index < -0.39 is 0 Å². The number of hydrogen-bond acceptors (Lipinski definition) is 0. The fourth-order valence-electron chi connectivity index (χ4n) is 1.89. The summed E-state index contributed by atoms with van der Waals surface area (Å²) in [5.41, 5.74) is 0. The van der Waals surface area contributed by atoms with Gasteiger partial charge in [-0.25, -0.2) is 0 Å². The lowest BCUT2D eigenvalue weighted by Gasteiger charge is -2.09. The second kappa shape index (κ2) is 3.22. The van der Waals surface area contributed by atoms with Gasteiger partial charge in [0.05, 0.1) is 0 Å². The molecule has 0 aromatic heterocycles. The summed E-state index contributed by atoms with van der Waals surface area (Å²) in [7, 11) is 0. The van der Waals surface area contributed by atoms with Gasteiger partial charge in [0.2, 0.25) is 0 Å². The molecule has 1 heteroatoms. The summed E-state index contributed by atoms with van der Waals surface area (Å²) in [6, 6.07) is 0. The lowest BCUT2D eigenvalue weighted by atomic mass is 10.0. The second-order valence-corrected chi connectivity index (χ2v) is 4.35. The van der Waals surface area contributed by atoms with Crippen molar-refractivity contribution < 1.29 is 0 Å². The van der Waals surface area contributed by atoms with Crippen LogP contribution in [0, 0.1) is 17.8 Å². The molecule has 1 aliphatic carbocycles. The fraction of sp³-hybridized carbons (Fsp3) is 1.00. The lowest BCUT2D eigenvalue weighted by molar-refractivity contribution is 0.470. The third kappa shape index (κ3) is 1.82. The average Bonchev–Trinajstić information content (AvgIpc) is 2.10. The van der Waals surface area contributed by atoms with E-state index in [0.717, 1.165) is 17.8 Å².